The van der Waals surface area contributed by atoms with Crippen LogP contribution in [0.1, 0.15) is 46.5 Å². The van der Waals surface area contributed by atoms with Crippen LogP contribution in [-0.2, 0) is 9.53 Å². The first-order valence-corrected chi connectivity index (χ1v) is 5.81. The summed E-state index contributed by atoms with van der Waals surface area (Å²) < 4.78 is 5.09. The van der Waals surface area contributed by atoms with Gasteiger partial charge in [-0.3, -0.25) is 0 Å². The fourth-order valence-corrected chi connectivity index (χ4v) is 1.86. The minimum atomic E-state index is -1.17. The van der Waals surface area contributed by atoms with Crippen LogP contribution >= 0.6 is 0 Å². The van der Waals surface area contributed by atoms with Crippen LogP contribution in [0.5, 0.6) is 0 Å². The molecule has 1 saturated carbocycles. The van der Waals surface area contributed by atoms with E-state index >= 15 is 0 Å². The second-order valence-electron chi connectivity index (χ2n) is 5.38. The number of aliphatic carboxylic acids is 1. The zero-order chi connectivity index (χ0) is 13.1. The van der Waals surface area contributed by atoms with E-state index in [1.165, 1.54) is 0 Å². The average Bonchev–Trinajstić information content (AvgIpc) is 2.15. The molecule has 0 heterocycles. The maximum absolute atomic E-state index is 11.6. The van der Waals surface area contributed by atoms with Crippen molar-refractivity contribution in [3.8, 4) is 0 Å². The van der Waals surface area contributed by atoms with Gasteiger partial charge >= 0.3 is 12.1 Å². The van der Waals surface area contributed by atoms with E-state index in [-0.39, 0.29) is 0 Å². The van der Waals surface area contributed by atoms with Crippen LogP contribution in [0, 0.1) is 6.42 Å². The Balaban J connectivity index is 2.67. The summed E-state index contributed by atoms with van der Waals surface area (Å²) in [7, 11) is 0. The van der Waals surface area contributed by atoms with Crippen molar-refractivity contribution in [2.75, 3.05) is 0 Å². The molecule has 2 N–H and O–H groups in total. The van der Waals surface area contributed by atoms with E-state index in [4.69, 9.17) is 4.74 Å². The maximum Gasteiger partial charge on any atom is 0.408 e. The summed E-state index contributed by atoms with van der Waals surface area (Å²) in [5.41, 5.74) is -1.79. The van der Waals surface area contributed by atoms with Crippen molar-refractivity contribution in [3.63, 3.8) is 0 Å². The van der Waals surface area contributed by atoms with Crippen LogP contribution in [0.3, 0.4) is 0 Å². The molecule has 0 aromatic rings. The number of hydrogen-bond acceptors (Lipinski definition) is 3. The van der Waals surface area contributed by atoms with Crippen LogP contribution in [0.4, 0.5) is 4.79 Å². The third-order valence-corrected chi connectivity index (χ3v) is 2.70. The Morgan fingerprint density at radius 1 is 1.29 bits per heavy atom. The molecule has 0 unspecified atom stereocenters. The van der Waals surface area contributed by atoms with E-state index in [1.807, 2.05) is 6.42 Å². The third kappa shape index (κ3) is 3.91. The first-order chi connectivity index (χ1) is 7.75. The SMILES string of the molecule is CC(C)(C)OC(=O)NC1(C(=O)O)CC[CH]CC1. The second kappa shape index (κ2) is 4.94. The summed E-state index contributed by atoms with van der Waals surface area (Å²) in [5.74, 6) is -0.989. The molecule has 97 valence electrons. The van der Waals surface area contributed by atoms with Crippen molar-refractivity contribution in [2.24, 2.45) is 0 Å². The molecule has 5 nitrogen and oxygen atoms in total. The summed E-state index contributed by atoms with van der Waals surface area (Å²) in [6.45, 7) is 5.23. The van der Waals surface area contributed by atoms with Crippen molar-refractivity contribution in [1.82, 2.24) is 5.32 Å². The van der Waals surface area contributed by atoms with E-state index < -0.39 is 23.2 Å². The van der Waals surface area contributed by atoms with Gasteiger partial charge in [-0.05, 0) is 52.9 Å². The molecule has 1 radical (unpaired) electrons. The lowest BCUT2D eigenvalue weighted by Gasteiger charge is -2.34. The molecule has 17 heavy (non-hydrogen) atoms. The largest absolute Gasteiger partial charge is 0.480 e. The number of alkyl carbamates (subject to hydrolysis) is 1. The van der Waals surface area contributed by atoms with Gasteiger partial charge in [-0.2, -0.15) is 0 Å². The topological polar surface area (TPSA) is 75.6 Å². The Morgan fingerprint density at radius 2 is 1.82 bits per heavy atom. The molecule has 0 bridgehead atoms. The van der Waals surface area contributed by atoms with Crippen molar-refractivity contribution in [2.45, 2.75) is 57.6 Å². The van der Waals surface area contributed by atoms with Gasteiger partial charge < -0.3 is 15.2 Å². The highest BCUT2D eigenvalue weighted by Crippen LogP contribution is 2.28. The Kier molecular flexibility index (Phi) is 4.01. The number of amides is 1. The van der Waals surface area contributed by atoms with E-state index in [0.29, 0.717) is 25.7 Å². The van der Waals surface area contributed by atoms with Gasteiger partial charge in [0.15, 0.2) is 0 Å². The molecule has 1 fully saturated rings. The lowest BCUT2D eigenvalue weighted by molar-refractivity contribution is -0.146. The molecule has 0 aliphatic heterocycles. The zero-order valence-electron chi connectivity index (χ0n) is 10.6. The van der Waals surface area contributed by atoms with E-state index in [1.54, 1.807) is 20.8 Å². The number of carbonyl (C=O) groups excluding carboxylic acids is 1. The van der Waals surface area contributed by atoms with E-state index in [0.717, 1.165) is 0 Å². The fraction of sp³-hybridized carbons (Fsp3) is 0.750. The first-order valence-electron chi connectivity index (χ1n) is 5.81. The lowest BCUT2D eigenvalue weighted by atomic mass is 9.82. The van der Waals surface area contributed by atoms with Gasteiger partial charge in [-0.1, -0.05) is 0 Å². The highest BCUT2D eigenvalue weighted by molar-refractivity contribution is 5.84. The molecule has 0 aromatic carbocycles. The number of ether oxygens (including phenoxy) is 1. The molecule has 1 amide bonds. The van der Waals surface area contributed by atoms with Gasteiger partial charge in [0.05, 0.1) is 0 Å². The third-order valence-electron chi connectivity index (χ3n) is 2.70. The molecule has 1 rings (SSSR count). The van der Waals surface area contributed by atoms with Crippen LogP contribution in [-0.4, -0.2) is 28.3 Å². The van der Waals surface area contributed by atoms with Crippen molar-refractivity contribution in [3.05, 3.63) is 6.42 Å². The molecule has 1 aliphatic rings. The highest BCUT2D eigenvalue weighted by atomic mass is 16.6. The fourth-order valence-electron chi connectivity index (χ4n) is 1.86. The molecule has 0 saturated heterocycles. The maximum atomic E-state index is 11.6. The summed E-state index contributed by atoms with van der Waals surface area (Å²) in [4.78, 5) is 22.9. The Morgan fingerprint density at radius 3 is 2.24 bits per heavy atom. The van der Waals surface area contributed by atoms with E-state index in [9.17, 15) is 14.7 Å². The number of carboxylic acids is 1. The van der Waals surface area contributed by atoms with Gasteiger partial charge in [0.1, 0.15) is 11.1 Å². The first kappa shape index (κ1) is 13.8. The Hall–Kier alpha value is -1.26. The number of nitrogens with one attached hydrogen (secondary N) is 1. The normalized spacial score (nSPS) is 19.5. The van der Waals surface area contributed by atoms with Crippen LogP contribution in [0.25, 0.3) is 0 Å². The Labute approximate surface area is 102 Å². The van der Waals surface area contributed by atoms with E-state index in [2.05, 4.69) is 5.32 Å². The van der Waals surface area contributed by atoms with Crippen molar-refractivity contribution < 1.29 is 19.4 Å². The molecular formula is C12H20NO4. The van der Waals surface area contributed by atoms with Gasteiger partial charge in [0, 0.05) is 0 Å². The smallest absolute Gasteiger partial charge is 0.408 e. The molecular weight excluding hydrogens is 222 g/mol. The minimum Gasteiger partial charge on any atom is -0.480 e. The quantitative estimate of drug-likeness (QED) is 0.777. The number of hydrogen-bond donors (Lipinski definition) is 2. The molecule has 0 aromatic heterocycles. The Bertz CT molecular complexity index is 300. The lowest BCUT2D eigenvalue weighted by Crippen LogP contribution is -2.56. The van der Waals surface area contributed by atoms with Crippen LogP contribution < -0.4 is 5.32 Å². The second-order valence-corrected chi connectivity index (χ2v) is 5.38. The van der Waals surface area contributed by atoms with Crippen LogP contribution in [0.2, 0.25) is 0 Å². The summed E-state index contributed by atoms with van der Waals surface area (Å²) in [5, 5.41) is 11.8. The van der Waals surface area contributed by atoms with Gasteiger partial charge in [0.25, 0.3) is 0 Å². The van der Waals surface area contributed by atoms with Gasteiger partial charge in [-0.25, -0.2) is 9.59 Å². The average molecular weight is 242 g/mol. The summed E-state index contributed by atoms with van der Waals surface area (Å²) in [6, 6.07) is 0. The molecule has 0 spiro atoms. The molecule has 1 aliphatic carbocycles. The van der Waals surface area contributed by atoms with Gasteiger partial charge in [-0.15, -0.1) is 0 Å². The standard InChI is InChI=1S/C12H20NO4/c1-11(2,3)17-10(16)13-12(9(14)15)7-5-4-6-8-12/h4H,5-8H2,1-3H3,(H,13,16)(H,14,15). The van der Waals surface area contributed by atoms with Gasteiger partial charge in [0.2, 0.25) is 0 Å². The zero-order valence-corrected chi connectivity index (χ0v) is 10.6. The number of carbonyl (C=O) groups is 2. The molecule has 0 atom stereocenters. The number of carboxylic acid groups (broad SMARTS) is 1. The monoisotopic (exact) mass is 242 g/mol. The summed E-state index contributed by atoms with van der Waals surface area (Å²) >= 11 is 0. The van der Waals surface area contributed by atoms with Crippen molar-refractivity contribution >= 4 is 12.1 Å². The number of rotatable bonds is 2. The van der Waals surface area contributed by atoms with Crippen LogP contribution in [0.15, 0.2) is 0 Å². The predicted octanol–water partition coefficient (Wildman–Crippen LogP) is 2.11. The highest BCUT2D eigenvalue weighted by Gasteiger charge is 2.42. The predicted molar refractivity (Wildman–Crippen MR) is 62.5 cm³/mol. The summed E-state index contributed by atoms with van der Waals surface area (Å²) in [6.07, 6.45) is 3.60. The van der Waals surface area contributed by atoms with Crippen molar-refractivity contribution in [1.29, 1.82) is 0 Å². The molecule has 5 heteroatoms. The minimum absolute atomic E-state index is 0.418.